The van der Waals surface area contributed by atoms with Gasteiger partial charge in [-0.25, -0.2) is 0 Å². The van der Waals surface area contributed by atoms with E-state index in [1.54, 1.807) is 26.0 Å². The van der Waals surface area contributed by atoms with Crippen LogP contribution in [0.3, 0.4) is 0 Å². The molecule has 1 aliphatic rings. The van der Waals surface area contributed by atoms with Gasteiger partial charge in [0.05, 0.1) is 26.5 Å². The van der Waals surface area contributed by atoms with Crippen molar-refractivity contribution in [1.82, 2.24) is 4.90 Å². The molecule has 1 aliphatic heterocycles. The molecule has 0 bridgehead atoms. The van der Waals surface area contributed by atoms with Crippen molar-refractivity contribution in [3.63, 3.8) is 0 Å². The van der Waals surface area contributed by atoms with E-state index in [0.717, 1.165) is 16.9 Å². The number of carbonyl (C=O) groups excluding carboxylic acids is 1. The van der Waals surface area contributed by atoms with Crippen LogP contribution in [0, 0.1) is 0 Å². The van der Waals surface area contributed by atoms with E-state index in [2.05, 4.69) is 0 Å². The third-order valence-corrected chi connectivity index (χ3v) is 5.47. The number of rotatable bonds is 5. The van der Waals surface area contributed by atoms with Gasteiger partial charge in [-0.1, -0.05) is 23.7 Å². The maximum Gasteiger partial charge on any atom is 0.234 e. The summed E-state index contributed by atoms with van der Waals surface area (Å²) >= 11 is 7.59. The van der Waals surface area contributed by atoms with Gasteiger partial charge in [0.15, 0.2) is 0 Å². The number of nitrogens with zero attached hydrogens (tertiary/aromatic N) is 1. The standard InChI is InChI=1S/C18H18ClNO3S/c1-22-15-8-5-13(16(9-15)23-2)10-20-17(21)11-24-18(20)12-3-6-14(19)7-4-12/h3-9,18H,10-11H2,1-2H3. The highest BCUT2D eigenvalue weighted by atomic mass is 35.5. The van der Waals surface area contributed by atoms with E-state index in [4.69, 9.17) is 21.1 Å². The van der Waals surface area contributed by atoms with E-state index in [9.17, 15) is 4.79 Å². The minimum atomic E-state index is -0.0124. The lowest BCUT2D eigenvalue weighted by molar-refractivity contribution is -0.128. The van der Waals surface area contributed by atoms with Crippen molar-refractivity contribution in [2.75, 3.05) is 20.0 Å². The summed E-state index contributed by atoms with van der Waals surface area (Å²) in [5.41, 5.74) is 2.02. The van der Waals surface area contributed by atoms with Gasteiger partial charge in [0, 0.05) is 16.7 Å². The van der Waals surface area contributed by atoms with Crippen LogP contribution < -0.4 is 9.47 Å². The van der Waals surface area contributed by atoms with Gasteiger partial charge in [0.25, 0.3) is 0 Å². The van der Waals surface area contributed by atoms with Crippen LogP contribution in [0.15, 0.2) is 42.5 Å². The second-order valence-electron chi connectivity index (χ2n) is 5.41. The first-order chi connectivity index (χ1) is 11.6. The number of halogens is 1. The molecular formula is C18H18ClNO3S. The average molecular weight is 364 g/mol. The molecule has 0 radical (unpaired) electrons. The maximum absolute atomic E-state index is 12.4. The van der Waals surface area contributed by atoms with Crippen molar-refractivity contribution in [1.29, 1.82) is 0 Å². The number of thioether (sulfide) groups is 1. The number of hydrogen-bond acceptors (Lipinski definition) is 4. The molecule has 3 rings (SSSR count). The quantitative estimate of drug-likeness (QED) is 0.800. The molecule has 1 atom stereocenters. The Morgan fingerprint density at radius 2 is 1.92 bits per heavy atom. The molecule has 0 spiro atoms. The second-order valence-corrected chi connectivity index (χ2v) is 6.92. The molecule has 2 aromatic rings. The number of methoxy groups -OCH3 is 2. The van der Waals surface area contributed by atoms with E-state index < -0.39 is 0 Å². The normalized spacial score (nSPS) is 17.2. The molecule has 0 aliphatic carbocycles. The molecule has 0 N–H and O–H groups in total. The number of hydrogen-bond donors (Lipinski definition) is 0. The Bertz CT molecular complexity index is 736. The van der Waals surface area contributed by atoms with Gasteiger partial charge in [-0.05, 0) is 29.8 Å². The number of amides is 1. The van der Waals surface area contributed by atoms with Gasteiger partial charge in [0.2, 0.25) is 5.91 Å². The van der Waals surface area contributed by atoms with Crippen LogP contribution in [0.2, 0.25) is 5.02 Å². The second kappa shape index (κ2) is 7.36. The number of ether oxygens (including phenoxy) is 2. The highest BCUT2D eigenvalue weighted by Gasteiger charge is 2.33. The lowest BCUT2D eigenvalue weighted by Crippen LogP contribution is -2.27. The summed E-state index contributed by atoms with van der Waals surface area (Å²) in [7, 11) is 3.24. The first-order valence-electron chi connectivity index (χ1n) is 7.50. The van der Waals surface area contributed by atoms with Gasteiger partial charge < -0.3 is 14.4 Å². The minimum Gasteiger partial charge on any atom is -0.497 e. The predicted molar refractivity (Wildman–Crippen MR) is 96.7 cm³/mol. The zero-order chi connectivity index (χ0) is 17.1. The molecule has 1 heterocycles. The molecule has 6 heteroatoms. The lowest BCUT2D eigenvalue weighted by atomic mass is 10.1. The number of benzene rings is 2. The zero-order valence-corrected chi connectivity index (χ0v) is 15.1. The molecule has 1 unspecified atom stereocenters. The van der Waals surface area contributed by atoms with Crippen molar-refractivity contribution in [3.05, 3.63) is 58.6 Å². The summed E-state index contributed by atoms with van der Waals surface area (Å²) in [5.74, 6) is 2.05. The molecule has 0 aromatic heterocycles. The summed E-state index contributed by atoms with van der Waals surface area (Å²) in [4.78, 5) is 14.2. The zero-order valence-electron chi connectivity index (χ0n) is 13.5. The third-order valence-electron chi connectivity index (χ3n) is 3.96. The molecule has 1 saturated heterocycles. The Morgan fingerprint density at radius 1 is 1.17 bits per heavy atom. The molecule has 4 nitrogen and oxygen atoms in total. The van der Waals surface area contributed by atoms with Gasteiger partial charge in [0.1, 0.15) is 16.9 Å². The van der Waals surface area contributed by atoms with Crippen LogP contribution in [0.1, 0.15) is 16.5 Å². The van der Waals surface area contributed by atoms with Gasteiger partial charge in [-0.3, -0.25) is 4.79 Å². The van der Waals surface area contributed by atoms with Crippen LogP contribution in [0.25, 0.3) is 0 Å². The van der Waals surface area contributed by atoms with E-state index in [1.807, 2.05) is 47.4 Å². The molecule has 0 saturated carbocycles. The Balaban J connectivity index is 1.86. The van der Waals surface area contributed by atoms with Gasteiger partial charge >= 0.3 is 0 Å². The molecule has 126 valence electrons. The Labute approximate surface area is 150 Å². The summed E-state index contributed by atoms with van der Waals surface area (Å²) < 4.78 is 10.7. The predicted octanol–water partition coefficient (Wildman–Crippen LogP) is 4.13. The van der Waals surface area contributed by atoms with Gasteiger partial charge in [-0.15, -0.1) is 11.8 Å². The summed E-state index contributed by atoms with van der Waals surface area (Å²) in [6.45, 7) is 0.492. The van der Waals surface area contributed by atoms with Crippen LogP contribution in [-0.2, 0) is 11.3 Å². The van der Waals surface area contributed by atoms with E-state index >= 15 is 0 Å². The summed E-state index contributed by atoms with van der Waals surface area (Å²) in [6, 6.07) is 13.3. The van der Waals surface area contributed by atoms with Crippen LogP contribution in [-0.4, -0.2) is 30.8 Å². The third kappa shape index (κ3) is 3.47. The fourth-order valence-corrected chi connectivity index (χ4v) is 4.01. The first kappa shape index (κ1) is 17.0. The summed E-state index contributed by atoms with van der Waals surface area (Å²) in [6.07, 6.45) is 0. The smallest absolute Gasteiger partial charge is 0.234 e. The monoisotopic (exact) mass is 363 g/mol. The fourth-order valence-electron chi connectivity index (χ4n) is 2.69. The van der Waals surface area contributed by atoms with Gasteiger partial charge in [-0.2, -0.15) is 0 Å². The van der Waals surface area contributed by atoms with Crippen molar-refractivity contribution in [3.8, 4) is 11.5 Å². The van der Waals surface area contributed by atoms with Crippen molar-refractivity contribution < 1.29 is 14.3 Å². The highest BCUT2D eigenvalue weighted by molar-refractivity contribution is 8.00. The van der Waals surface area contributed by atoms with E-state index in [0.29, 0.717) is 23.1 Å². The highest BCUT2D eigenvalue weighted by Crippen LogP contribution is 2.40. The fraction of sp³-hybridized carbons (Fsp3) is 0.278. The maximum atomic E-state index is 12.4. The Hall–Kier alpha value is -1.85. The lowest BCUT2D eigenvalue weighted by Gasteiger charge is -2.25. The Morgan fingerprint density at radius 3 is 2.58 bits per heavy atom. The van der Waals surface area contributed by atoms with Crippen LogP contribution in [0.5, 0.6) is 11.5 Å². The van der Waals surface area contributed by atoms with Crippen LogP contribution >= 0.6 is 23.4 Å². The summed E-state index contributed by atoms with van der Waals surface area (Å²) in [5, 5.41) is 0.679. The SMILES string of the molecule is COc1ccc(CN2C(=O)CSC2c2ccc(Cl)cc2)c(OC)c1. The average Bonchev–Trinajstić information content (AvgIpc) is 2.97. The molecule has 2 aromatic carbocycles. The topological polar surface area (TPSA) is 38.8 Å². The van der Waals surface area contributed by atoms with Crippen LogP contribution in [0.4, 0.5) is 0 Å². The van der Waals surface area contributed by atoms with Crippen molar-refractivity contribution in [2.45, 2.75) is 11.9 Å². The molecule has 1 amide bonds. The molecular weight excluding hydrogens is 346 g/mol. The van der Waals surface area contributed by atoms with Crippen molar-refractivity contribution in [2.24, 2.45) is 0 Å². The largest absolute Gasteiger partial charge is 0.497 e. The van der Waals surface area contributed by atoms with E-state index in [1.165, 1.54) is 0 Å². The Kier molecular flexibility index (Phi) is 5.21. The molecule has 1 fully saturated rings. The number of carbonyl (C=O) groups is 1. The van der Waals surface area contributed by atoms with Crippen molar-refractivity contribution >= 4 is 29.3 Å². The van der Waals surface area contributed by atoms with E-state index in [-0.39, 0.29) is 11.3 Å². The first-order valence-corrected chi connectivity index (χ1v) is 8.92. The minimum absolute atomic E-state index is 0.0124. The molecule has 24 heavy (non-hydrogen) atoms.